The summed E-state index contributed by atoms with van der Waals surface area (Å²) < 4.78 is 23.4. The Kier molecular flexibility index (Phi) is 12.7. The molecule has 1 amide bonds. The smallest absolute Gasteiger partial charge is 0.312 e. The number of aromatic hydroxyl groups is 3. The predicted octanol–water partition coefficient (Wildman–Crippen LogP) is 4.31. The number of esters is 1. The zero-order valence-corrected chi connectivity index (χ0v) is 32.1. The van der Waals surface area contributed by atoms with Crippen LogP contribution in [-0.2, 0) is 23.8 Å². The molecule has 15 nitrogen and oxygen atoms in total. The largest absolute Gasteiger partial charge is 0.507 e. The maximum Gasteiger partial charge on any atom is 0.312 e. The Morgan fingerprint density at radius 3 is 2.26 bits per heavy atom. The van der Waals surface area contributed by atoms with Crippen molar-refractivity contribution in [3.05, 3.63) is 52.8 Å². The number of amides is 1. The molecular formula is C39H51N3O12. The molecule has 54 heavy (non-hydrogen) atoms. The molecule has 9 atom stereocenters. The first kappa shape index (κ1) is 41.6. The summed E-state index contributed by atoms with van der Waals surface area (Å²) in [5, 5.41) is 63.4. The van der Waals surface area contributed by atoms with Crippen molar-refractivity contribution in [2.75, 3.05) is 19.5 Å². The lowest BCUT2D eigenvalue weighted by atomic mass is 9.78. The van der Waals surface area contributed by atoms with E-state index in [0.29, 0.717) is 0 Å². The molecule has 0 fully saturated rings. The minimum atomic E-state index is -2.04. The number of methoxy groups -OCH3 is 1. The van der Waals surface area contributed by atoms with E-state index in [0.717, 1.165) is 6.21 Å². The van der Waals surface area contributed by atoms with E-state index in [9.17, 15) is 39.9 Å². The first-order valence-electron chi connectivity index (χ1n) is 17.6. The van der Waals surface area contributed by atoms with Gasteiger partial charge < -0.3 is 55.2 Å². The van der Waals surface area contributed by atoms with Gasteiger partial charge in [-0.2, -0.15) is 5.10 Å². The average molecular weight is 754 g/mol. The minimum Gasteiger partial charge on any atom is -0.507 e. The van der Waals surface area contributed by atoms with Gasteiger partial charge in [-0.3, -0.25) is 14.4 Å². The Morgan fingerprint density at radius 1 is 0.981 bits per heavy atom. The number of benzene rings is 2. The van der Waals surface area contributed by atoms with E-state index in [1.54, 1.807) is 39.8 Å². The summed E-state index contributed by atoms with van der Waals surface area (Å²) in [5.74, 6) is -8.46. The van der Waals surface area contributed by atoms with Crippen molar-refractivity contribution >= 4 is 40.3 Å². The van der Waals surface area contributed by atoms with Gasteiger partial charge in [-0.05, 0) is 19.9 Å². The van der Waals surface area contributed by atoms with Crippen LogP contribution < -0.4 is 15.5 Å². The highest BCUT2D eigenvalue weighted by Gasteiger charge is 2.50. The number of nitrogens with zero attached hydrogens (tertiary/aromatic N) is 1. The van der Waals surface area contributed by atoms with Gasteiger partial charge >= 0.3 is 11.8 Å². The lowest BCUT2D eigenvalue weighted by molar-refractivity contribution is -0.160. The van der Waals surface area contributed by atoms with E-state index in [-0.39, 0.29) is 44.5 Å². The van der Waals surface area contributed by atoms with Crippen LogP contribution in [0.5, 0.6) is 23.0 Å². The molecule has 15 heteroatoms. The number of carbonyl (C=O) groups is 3. The monoisotopic (exact) mass is 753 g/mol. The second kappa shape index (κ2) is 16.5. The highest BCUT2D eigenvalue weighted by Crippen LogP contribution is 2.55. The molecule has 294 valence electrons. The number of nitrogens with one attached hydrogen (secondary N) is 2. The third-order valence-corrected chi connectivity index (χ3v) is 10.4. The number of ether oxygens (including phenoxy) is 4. The maximum absolute atomic E-state index is 14.2. The fraction of sp³-hybridized carbons (Fsp3) is 0.487. The fourth-order valence-corrected chi connectivity index (χ4v) is 7.00. The number of hydrogen-bond donors (Lipinski definition) is 7. The number of rotatable bonds is 4. The number of fused-ring (bicyclic) bond motifs is 14. The maximum atomic E-state index is 14.2. The summed E-state index contributed by atoms with van der Waals surface area (Å²) in [4.78, 5) is 39.9. The number of hydrogen-bond acceptors (Lipinski definition) is 14. The second-order valence-corrected chi connectivity index (χ2v) is 14.1. The highest BCUT2D eigenvalue weighted by molar-refractivity contribution is 6.23. The molecule has 0 aliphatic carbocycles. The normalized spacial score (nSPS) is 31.7. The molecule has 5 bridgehead atoms. The van der Waals surface area contributed by atoms with Gasteiger partial charge in [0, 0.05) is 68.2 Å². The number of Topliss-reactive ketones (excluding diaryl/α,β-unsaturated/α-hetero) is 1. The SMILES string of the molecule is CNN=Cc1c2c(O)c3c(O)c(C)c4c(c3c1O)C(=O)[C@@](C)(O/C=C/[C@H](OC)[C@H](C)[C@@H](OC(C)=O)[C@@H](C)[C@H](O)[C@H](C)[C@@H](O)[C@@H](C)/C=C/C=C(/C)C(=O)N2)O4. The number of phenolic OH excluding ortho intramolecular Hbond substituents is 3. The molecule has 0 saturated heterocycles. The van der Waals surface area contributed by atoms with Gasteiger partial charge in [0.15, 0.2) is 5.75 Å². The highest BCUT2D eigenvalue weighted by atomic mass is 16.7. The predicted molar refractivity (Wildman–Crippen MR) is 200 cm³/mol. The molecule has 3 heterocycles. The van der Waals surface area contributed by atoms with Gasteiger partial charge in [-0.25, -0.2) is 0 Å². The summed E-state index contributed by atoms with van der Waals surface area (Å²) in [6.07, 6.45) is 4.62. The van der Waals surface area contributed by atoms with Crippen LogP contribution >= 0.6 is 0 Å². The van der Waals surface area contributed by atoms with E-state index < -0.39 is 88.8 Å². The molecule has 7 N–H and O–H groups in total. The lowest BCUT2D eigenvalue weighted by Gasteiger charge is -2.38. The van der Waals surface area contributed by atoms with E-state index in [4.69, 9.17) is 18.9 Å². The second-order valence-electron chi connectivity index (χ2n) is 14.1. The molecule has 0 saturated carbocycles. The van der Waals surface area contributed by atoms with Crippen molar-refractivity contribution in [2.45, 2.75) is 85.6 Å². The number of aliphatic hydroxyl groups excluding tert-OH is 2. The molecule has 0 unspecified atom stereocenters. The zero-order valence-electron chi connectivity index (χ0n) is 32.1. The van der Waals surface area contributed by atoms with Crippen LogP contribution in [0.15, 0.2) is 41.2 Å². The first-order valence-corrected chi connectivity index (χ1v) is 17.6. The molecule has 2 aromatic rings. The van der Waals surface area contributed by atoms with Crippen molar-refractivity contribution in [1.29, 1.82) is 0 Å². The number of ketones is 1. The molecular weight excluding hydrogens is 702 g/mol. The third-order valence-electron chi connectivity index (χ3n) is 10.4. The van der Waals surface area contributed by atoms with Gasteiger partial charge in [0.25, 0.3) is 11.7 Å². The Hall–Kier alpha value is -5.12. The molecule has 0 radical (unpaired) electrons. The molecule has 0 aromatic heterocycles. The van der Waals surface area contributed by atoms with Crippen molar-refractivity contribution in [1.82, 2.24) is 5.43 Å². The molecule has 0 spiro atoms. The van der Waals surface area contributed by atoms with Gasteiger partial charge in [0.2, 0.25) is 0 Å². The number of phenols is 3. The Labute approximate surface area is 313 Å². The van der Waals surface area contributed by atoms with Crippen LogP contribution in [0.1, 0.15) is 70.0 Å². The van der Waals surface area contributed by atoms with E-state index in [2.05, 4.69) is 15.8 Å². The summed E-state index contributed by atoms with van der Waals surface area (Å²) in [5.41, 5.74) is 2.05. The lowest BCUT2D eigenvalue weighted by Crippen LogP contribution is -2.46. The Balaban J connectivity index is 1.96. The minimum absolute atomic E-state index is 0.0446. The zero-order chi connectivity index (χ0) is 40.4. The number of hydrazone groups is 1. The first-order chi connectivity index (χ1) is 25.3. The molecule has 3 aliphatic heterocycles. The topological polar surface area (TPSA) is 226 Å². The van der Waals surface area contributed by atoms with Gasteiger partial charge in [-0.1, -0.05) is 45.9 Å². The molecule has 3 aliphatic rings. The number of allylic oxidation sites excluding steroid dienone is 2. The third kappa shape index (κ3) is 7.74. The van der Waals surface area contributed by atoms with Crippen LogP contribution in [-0.4, -0.2) is 93.8 Å². The summed E-state index contributed by atoms with van der Waals surface area (Å²) in [6.45, 7) is 12.4. The molecule has 2 aromatic carbocycles. The van der Waals surface area contributed by atoms with Crippen LogP contribution in [0.4, 0.5) is 5.69 Å². The van der Waals surface area contributed by atoms with E-state index >= 15 is 0 Å². The Morgan fingerprint density at radius 2 is 1.65 bits per heavy atom. The van der Waals surface area contributed by atoms with Crippen molar-refractivity contribution in [3.63, 3.8) is 0 Å². The van der Waals surface area contributed by atoms with Crippen LogP contribution in [0.3, 0.4) is 0 Å². The van der Waals surface area contributed by atoms with E-state index in [1.807, 2.05) is 0 Å². The summed E-state index contributed by atoms with van der Waals surface area (Å²) in [7, 11) is 2.91. The standard InChI is InChI=1S/C39H51N3O12/c1-17-12-11-13-18(2)38(50)42-29-24(16-41-40-9)33(47)26-27(34(29)48)32(46)22(6)36-28(26)37(49)39(8,54-36)52-15-14-25(51-10)19(3)35(53-23(7)43)21(5)31(45)20(4)30(17)44/h11-17,19-21,25,30-31,35,40,44-48H,1-10H3,(H,42,50)/b12-11+,15-14+,18-13-,41-16?/t17-,19-,20+,21-,25-,30-,31+,35+,39-/m0/s1. The van der Waals surface area contributed by atoms with Crippen molar-refractivity contribution < 1.29 is 58.9 Å². The van der Waals surface area contributed by atoms with Gasteiger partial charge in [0.1, 0.15) is 23.4 Å². The molecule has 5 rings (SSSR count). The summed E-state index contributed by atoms with van der Waals surface area (Å²) >= 11 is 0. The van der Waals surface area contributed by atoms with Gasteiger partial charge in [0.05, 0.1) is 53.0 Å². The van der Waals surface area contributed by atoms with Gasteiger partial charge in [-0.15, -0.1) is 0 Å². The van der Waals surface area contributed by atoms with E-state index in [1.165, 1.54) is 60.3 Å². The van der Waals surface area contributed by atoms with Crippen LogP contribution in [0.25, 0.3) is 10.8 Å². The van der Waals surface area contributed by atoms with Crippen LogP contribution in [0.2, 0.25) is 0 Å². The quantitative estimate of drug-likeness (QED) is 0.0761. The number of carbonyl (C=O) groups excluding carboxylic acids is 3. The summed E-state index contributed by atoms with van der Waals surface area (Å²) in [6, 6.07) is 0. The van der Waals surface area contributed by atoms with Crippen LogP contribution in [0, 0.1) is 30.6 Å². The van der Waals surface area contributed by atoms with Crippen molar-refractivity contribution in [3.8, 4) is 23.0 Å². The average Bonchev–Trinajstić information content (AvgIpc) is 3.39. The van der Waals surface area contributed by atoms with Crippen molar-refractivity contribution in [2.24, 2.45) is 28.8 Å². The Bertz CT molecular complexity index is 1920. The number of anilines is 1. The number of aliphatic hydroxyl groups is 2. The fourth-order valence-electron chi connectivity index (χ4n) is 7.00.